The van der Waals surface area contributed by atoms with E-state index in [2.05, 4.69) is 20.2 Å². The van der Waals surface area contributed by atoms with Gasteiger partial charge in [0.2, 0.25) is 5.13 Å². The van der Waals surface area contributed by atoms with E-state index in [9.17, 15) is 8.42 Å². The predicted octanol–water partition coefficient (Wildman–Crippen LogP) is 2.21. The molecule has 0 atom stereocenters. The second-order valence-electron chi connectivity index (χ2n) is 4.89. The average molecular weight is 344 g/mol. The first-order valence-electron chi connectivity index (χ1n) is 6.73. The van der Waals surface area contributed by atoms with Gasteiger partial charge >= 0.3 is 0 Å². The predicted molar refractivity (Wildman–Crippen MR) is 84.3 cm³/mol. The first-order valence-corrected chi connectivity index (χ1v) is 9.91. The summed E-state index contributed by atoms with van der Waals surface area (Å²) >= 11 is 2.49. The highest BCUT2D eigenvalue weighted by Crippen LogP contribution is 2.25. The van der Waals surface area contributed by atoms with Crippen LogP contribution >= 0.6 is 22.7 Å². The number of hydrogen-bond donors (Lipinski definition) is 2. The van der Waals surface area contributed by atoms with Gasteiger partial charge in [0.1, 0.15) is 9.22 Å². The molecule has 1 saturated carbocycles. The number of sulfonamides is 1. The Labute approximate surface area is 131 Å². The number of aryl methyl sites for hydroxylation is 1. The zero-order chi connectivity index (χ0) is 14.9. The highest BCUT2D eigenvalue weighted by molar-refractivity contribution is 7.94. The number of nitrogens with one attached hydrogen (secondary N) is 2. The summed E-state index contributed by atoms with van der Waals surface area (Å²) in [6.07, 6.45) is 3.18. The van der Waals surface area contributed by atoms with Gasteiger partial charge in [-0.1, -0.05) is 18.3 Å². The minimum Gasteiger partial charge on any atom is -0.310 e. The van der Waals surface area contributed by atoms with Crippen LogP contribution in [-0.2, 0) is 23.0 Å². The summed E-state index contributed by atoms with van der Waals surface area (Å²) in [5.41, 5.74) is 0.999. The largest absolute Gasteiger partial charge is 0.310 e. The van der Waals surface area contributed by atoms with Crippen LogP contribution in [-0.4, -0.2) is 24.7 Å². The lowest BCUT2D eigenvalue weighted by Crippen LogP contribution is -2.15. The molecule has 0 amide bonds. The third-order valence-corrected chi connectivity index (χ3v) is 7.00. The lowest BCUT2D eigenvalue weighted by molar-refractivity contribution is 0.603. The van der Waals surface area contributed by atoms with Crippen LogP contribution in [0.15, 0.2) is 15.7 Å². The molecule has 2 heterocycles. The third-order valence-electron chi connectivity index (χ3n) is 3.06. The second-order valence-corrected chi connectivity index (χ2v) is 8.77. The maximum atomic E-state index is 12.3. The van der Waals surface area contributed by atoms with Crippen LogP contribution in [0.3, 0.4) is 0 Å². The standard InChI is InChI=1S/C12H16N4O2S3/c1-2-10-14-15-12(20-10)16-21(17,18)11-5-8(7-19-11)6-13-9-3-4-9/h5,7,9,13H,2-4,6H2,1H3,(H,15,16). The Morgan fingerprint density at radius 3 is 2.86 bits per heavy atom. The van der Waals surface area contributed by atoms with E-state index in [0.29, 0.717) is 15.4 Å². The molecule has 9 heteroatoms. The van der Waals surface area contributed by atoms with Crippen LogP contribution in [0.2, 0.25) is 0 Å². The fraction of sp³-hybridized carbons (Fsp3) is 0.500. The Bertz CT molecular complexity index is 718. The van der Waals surface area contributed by atoms with Gasteiger partial charge in [-0.15, -0.1) is 21.5 Å². The molecule has 21 heavy (non-hydrogen) atoms. The van der Waals surface area contributed by atoms with E-state index in [0.717, 1.165) is 23.5 Å². The van der Waals surface area contributed by atoms with Crippen LogP contribution in [0, 0.1) is 0 Å². The van der Waals surface area contributed by atoms with Gasteiger partial charge in [0, 0.05) is 12.6 Å². The monoisotopic (exact) mass is 344 g/mol. The zero-order valence-corrected chi connectivity index (χ0v) is 13.9. The van der Waals surface area contributed by atoms with Gasteiger partial charge in [0.25, 0.3) is 10.0 Å². The molecule has 1 fully saturated rings. The molecule has 2 N–H and O–H groups in total. The molecule has 6 nitrogen and oxygen atoms in total. The maximum Gasteiger partial charge on any atom is 0.273 e. The Morgan fingerprint density at radius 2 is 2.19 bits per heavy atom. The van der Waals surface area contributed by atoms with Crippen molar-refractivity contribution < 1.29 is 8.42 Å². The molecule has 0 radical (unpaired) electrons. The number of nitrogens with zero attached hydrogens (tertiary/aromatic N) is 2. The van der Waals surface area contributed by atoms with Crippen molar-refractivity contribution in [1.29, 1.82) is 0 Å². The molecule has 1 aliphatic carbocycles. The number of thiophene rings is 1. The van der Waals surface area contributed by atoms with Crippen molar-refractivity contribution in [2.75, 3.05) is 4.72 Å². The van der Waals surface area contributed by atoms with E-state index in [-0.39, 0.29) is 0 Å². The quantitative estimate of drug-likeness (QED) is 0.804. The van der Waals surface area contributed by atoms with Crippen LogP contribution in [0.25, 0.3) is 0 Å². The van der Waals surface area contributed by atoms with Gasteiger partial charge in [-0.05, 0) is 36.3 Å². The topological polar surface area (TPSA) is 84.0 Å². The van der Waals surface area contributed by atoms with Gasteiger partial charge in [0.05, 0.1) is 0 Å². The van der Waals surface area contributed by atoms with E-state index in [1.165, 1.54) is 35.5 Å². The van der Waals surface area contributed by atoms with Gasteiger partial charge in [-0.3, -0.25) is 4.72 Å². The van der Waals surface area contributed by atoms with E-state index >= 15 is 0 Å². The lowest BCUT2D eigenvalue weighted by Gasteiger charge is -2.01. The molecule has 1 aliphatic rings. The normalized spacial score (nSPS) is 15.3. The van der Waals surface area contributed by atoms with Crippen molar-refractivity contribution in [3.05, 3.63) is 22.0 Å². The van der Waals surface area contributed by atoms with E-state index < -0.39 is 10.0 Å². The minimum absolute atomic E-state index is 0.309. The molecule has 2 aromatic rings. The summed E-state index contributed by atoms with van der Waals surface area (Å²) < 4.78 is 27.4. The average Bonchev–Trinajstić information content (AvgIpc) is 2.98. The van der Waals surface area contributed by atoms with Crippen molar-refractivity contribution in [2.45, 2.75) is 43.0 Å². The molecule has 3 rings (SSSR count). The van der Waals surface area contributed by atoms with Crippen LogP contribution in [0.4, 0.5) is 5.13 Å². The van der Waals surface area contributed by atoms with Crippen LogP contribution in [0.5, 0.6) is 0 Å². The molecule has 0 aromatic carbocycles. The molecule has 0 spiro atoms. The van der Waals surface area contributed by atoms with Crippen molar-refractivity contribution in [2.24, 2.45) is 0 Å². The summed E-state index contributed by atoms with van der Waals surface area (Å²) in [7, 11) is -3.56. The lowest BCUT2D eigenvalue weighted by atomic mass is 10.3. The Balaban J connectivity index is 1.68. The molecule has 0 saturated heterocycles. The Hall–Kier alpha value is -1.03. The fourth-order valence-electron chi connectivity index (χ4n) is 1.74. The van der Waals surface area contributed by atoms with E-state index in [4.69, 9.17) is 0 Å². The first-order chi connectivity index (χ1) is 10.1. The second kappa shape index (κ2) is 5.99. The van der Waals surface area contributed by atoms with Gasteiger partial charge < -0.3 is 5.32 Å². The van der Waals surface area contributed by atoms with Crippen molar-refractivity contribution >= 4 is 37.8 Å². The molecular formula is C12H16N4O2S3. The number of hydrogen-bond acceptors (Lipinski definition) is 7. The smallest absolute Gasteiger partial charge is 0.273 e. The molecule has 0 bridgehead atoms. The number of anilines is 1. The van der Waals surface area contributed by atoms with Gasteiger partial charge in [0.15, 0.2) is 0 Å². The Kier molecular flexibility index (Phi) is 4.25. The third kappa shape index (κ3) is 3.79. The SMILES string of the molecule is CCc1nnc(NS(=O)(=O)c2cc(CNC3CC3)cs2)s1. The van der Waals surface area contributed by atoms with E-state index in [1.807, 2.05) is 12.3 Å². The maximum absolute atomic E-state index is 12.3. The zero-order valence-electron chi connectivity index (χ0n) is 11.5. The van der Waals surface area contributed by atoms with Crippen LogP contribution in [0.1, 0.15) is 30.3 Å². The van der Waals surface area contributed by atoms with Crippen molar-refractivity contribution in [3.8, 4) is 0 Å². The van der Waals surface area contributed by atoms with E-state index in [1.54, 1.807) is 6.07 Å². The molecular weight excluding hydrogens is 328 g/mol. The van der Waals surface area contributed by atoms with Crippen LogP contribution < -0.4 is 10.0 Å². The first kappa shape index (κ1) is 14.9. The molecule has 0 unspecified atom stereocenters. The highest BCUT2D eigenvalue weighted by atomic mass is 32.2. The highest BCUT2D eigenvalue weighted by Gasteiger charge is 2.22. The minimum atomic E-state index is -3.56. The Morgan fingerprint density at radius 1 is 1.38 bits per heavy atom. The fourth-order valence-corrected chi connectivity index (χ4v) is 4.86. The summed E-state index contributed by atoms with van der Waals surface area (Å²) in [4.78, 5) is 0. The molecule has 114 valence electrons. The molecule has 0 aliphatic heterocycles. The molecule has 2 aromatic heterocycles. The van der Waals surface area contributed by atoms with Gasteiger partial charge in [-0.25, -0.2) is 8.42 Å². The van der Waals surface area contributed by atoms with Crippen molar-refractivity contribution in [1.82, 2.24) is 15.5 Å². The summed E-state index contributed by atoms with van der Waals surface area (Å²) in [5, 5.41) is 14.1. The number of rotatable bonds is 7. The van der Waals surface area contributed by atoms with Crippen molar-refractivity contribution in [3.63, 3.8) is 0 Å². The van der Waals surface area contributed by atoms with Gasteiger partial charge in [-0.2, -0.15) is 0 Å². The summed E-state index contributed by atoms with van der Waals surface area (Å²) in [5.74, 6) is 0. The summed E-state index contributed by atoms with van der Waals surface area (Å²) in [6, 6.07) is 2.32. The summed E-state index contributed by atoms with van der Waals surface area (Å²) in [6.45, 7) is 2.67. The number of aromatic nitrogens is 2.